The molecule has 0 atom stereocenters. The molecule has 1 N–H and O–H groups in total. The van der Waals surface area contributed by atoms with Gasteiger partial charge < -0.3 is 10.1 Å². The summed E-state index contributed by atoms with van der Waals surface area (Å²) < 4.78 is 6.24. The number of nitrogens with one attached hydrogen (secondary N) is 1. The Hall–Kier alpha value is -0.710. The molecule has 3 nitrogen and oxygen atoms in total. The van der Waals surface area contributed by atoms with Gasteiger partial charge in [0, 0.05) is 13.1 Å². The van der Waals surface area contributed by atoms with Crippen molar-refractivity contribution in [3.8, 4) is 0 Å². The third-order valence-corrected chi connectivity index (χ3v) is 2.41. The van der Waals surface area contributed by atoms with Crippen LogP contribution in [0.25, 0.3) is 0 Å². The standard InChI is InChI=1S/C12H17BrN2O/c1-2-3-8-16-9-7-14-10-11-5-4-6-12(13)15-11/h2,4-6,14H,1,3,7-10H2. The van der Waals surface area contributed by atoms with Crippen LogP contribution >= 0.6 is 15.9 Å². The lowest BCUT2D eigenvalue weighted by molar-refractivity contribution is 0.140. The number of ether oxygens (including phenoxy) is 1. The summed E-state index contributed by atoms with van der Waals surface area (Å²) in [6.07, 6.45) is 2.77. The summed E-state index contributed by atoms with van der Waals surface area (Å²) in [7, 11) is 0. The molecule has 0 aliphatic heterocycles. The molecule has 88 valence electrons. The molecular formula is C12H17BrN2O. The first-order valence-corrected chi connectivity index (χ1v) is 6.13. The Morgan fingerprint density at radius 3 is 3.06 bits per heavy atom. The van der Waals surface area contributed by atoms with Gasteiger partial charge in [-0.1, -0.05) is 12.1 Å². The van der Waals surface area contributed by atoms with Crippen molar-refractivity contribution in [3.63, 3.8) is 0 Å². The van der Waals surface area contributed by atoms with Crippen LogP contribution in [-0.4, -0.2) is 24.7 Å². The zero-order chi connectivity index (χ0) is 11.6. The molecule has 0 saturated carbocycles. The van der Waals surface area contributed by atoms with Crippen molar-refractivity contribution < 1.29 is 4.74 Å². The van der Waals surface area contributed by atoms with Gasteiger partial charge in [-0.25, -0.2) is 4.98 Å². The molecule has 0 spiro atoms. The highest BCUT2D eigenvalue weighted by Crippen LogP contribution is 2.05. The average Bonchev–Trinajstić information content (AvgIpc) is 2.28. The first kappa shape index (κ1) is 13.4. The Morgan fingerprint density at radius 1 is 1.44 bits per heavy atom. The fourth-order valence-corrected chi connectivity index (χ4v) is 1.56. The summed E-state index contributed by atoms with van der Waals surface area (Å²) in [5, 5.41) is 3.27. The van der Waals surface area contributed by atoms with E-state index in [0.29, 0.717) is 0 Å². The molecule has 0 aromatic carbocycles. The van der Waals surface area contributed by atoms with Crippen LogP contribution < -0.4 is 5.32 Å². The Kier molecular flexibility index (Phi) is 7.05. The molecule has 0 fully saturated rings. The number of nitrogens with zero attached hydrogens (tertiary/aromatic N) is 1. The normalized spacial score (nSPS) is 10.3. The molecule has 1 aromatic rings. The highest BCUT2D eigenvalue weighted by atomic mass is 79.9. The van der Waals surface area contributed by atoms with Crippen molar-refractivity contribution in [1.82, 2.24) is 10.3 Å². The molecule has 0 saturated heterocycles. The van der Waals surface area contributed by atoms with Gasteiger partial charge in [-0.15, -0.1) is 6.58 Å². The van der Waals surface area contributed by atoms with Gasteiger partial charge in [0.15, 0.2) is 0 Å². The molecule has 1 aromatic heterocycles. The zero-order valence-electron chi connectivity index (χ0n) is 9.29. The predicted molar refractivity (Wildman–Crippen MR) is 69.3 cm³/mol. The first-order chi connectivity index (χ1) is 7.83. The Labute approximate surface area is 105 Å². The van der Waals surface area contributed by atoms with Crippen molar-refractivity contribution in [2.75, 3.05) is 19.8 Å². The largest absolute Gasteiger partial charge is 0.380 e. The van der Waals surface area contributed by atoms with Crippen LogP contribution in [0, 0.1) is 0 Å². The van der Waals surface area contributed by atoms with Crippen LogP contribution in [0.3, 0.4) is 0 Å². The smallest absolute Gasteiger partial charge is 0.106 e. The predicted octanol–water partition coefficient (Wildman–Crippen LogP) is 2.53. The fraction of sp³-hybridized carbons (Fsp3) is 0.417. The average molecular weight is 285 g/mol. The molecule has 0 amide bonds. The molecule has 1 heterocycles. The van der Waals surface area contributed by atoms with E-state index in [1.54, 1.807) is 0 Å². The van der Waals surface area contributed by atoms with E-state index in [9.17, 15) is 0 Å². The molecule has 1 rings (SSSR count). The van der Waals surface area contributed by atoms with Crippen molar-refractivity contribution >= 4 is 15.9 Å². The van der Waals surface area contributed by atoms with Crippen molar-refractivity contribution in [2.24, 2.45) is 0 Å². The summed E-state index contributed by atoms with van der Waals surface area (Å²) in [5.41, 5.74) is 1.03. The van der Waals surface area contributed by atoms with Gasteiger partial charge in [0.05, 0.1) is 18.9 Å². The number of hydrogen-bond acceptors (Lipinski definition) is 3. The summed E-state index contributed by atoms with van der Waals surface area (Å²) in [6.45, 7) is 6.72. The van der Waals surface area contributed by atoms with Crippen LogP contribution in [-0.2, 0) is 11.3 Å². The van der Waals surface area contributed by atoms with Gasteiger partial charge in [-0.3, -0.25) is 0 Å². The minimum atomic E-state index is 0.724. The summed E-state index contributed by atoms with van der Waals surface area (Å²) >= 11 is 3.34. The lowest BCUT2D eigenvalue weighted by atomic mass is 10.3. The number of pyridine rings is 1. The van der Waals surface area contributed by atoms with Gasteiger partial charge >= 0.3 is 0 Å². The number of halogens is 1. The number of rotatable bonds is 8. The topological polar surface area (TPSA) is 34.1 Å². The zero-order valence-corrected chi connectivity index (χ0v) is 10.9. The Bertz CT molecular complexity index is 318. The maximum absolute atomic E-state index is 5.37. The summed E-state index contributed by atoms with van der Waals surface area (Å²) in [4.78, 5) is 4.32. The fourth-order valence-electron chi connectivity index (χ4n) is 1.18. The second kappa shape index (κ2) is 8.44. The minimum absolute atomic E-state index is 0.724. The third-order valence-electron chi connectivity index (χ3n) is 1.97. The van der Waals surface area contributed by atoms with E-state index in [0.717, 1.165) is 43.0 Å². The van der Waals surface area contributed by atoms with Crippen LogP contribution in [0.2, 0.25) is 0 Å². The van der Waals surface area contributed by atoms with Crippen molar-refractivity contribution in [3.05, 3.63) is 41.2 Å². The van der Waals surface area contributed by atoms with Gasteiger partial charge in [-0.05, 0) is 34.5 Å². The molecule has 4 heteroatoms. The number of hydrogen-bond donors (Lipinski definition) is 1. The van der Waals surface area contributed by atoms with E-state index in [4.69, 9.17) is 4.74 Å². The third kappa shape index (κ3) is 6.00. The Balaban J connectivity index is 2.05. The maximum atomic E-state index is 5.37. The SMILES string of the molecule is C=CCCOCCNCc1cccc(Br)n1. The monoisotopic (exact) mass is 284 g/mol. The molecule has 0 bridgehead atoms. The van der Waals surface area contributed by atoms with Gasteiger partial charge in [0.2, 0.25) is 0 Å². The minimum Gasteiger partial charge on any atom is -0.380 e. The lowest BCUT2D eigenvalue weighted by Gasteiger charge is -2.05. The van der Waals surface area contributed by atoms with Crippen LogP contribution in [0.15, 0.2) is 35.5 Å². The van der Waals surface area contributed by atoms with E-state index >= 15 is 0 Å². The molecule has 16 heavy (non-hydrogen) atoms. The second-order valence-electron chi connectivity index (χ2n) is 3.32. The van der Waals surface area contributed by atoms with E-state index in [1.165, 1.54) is 0 Å². The molecule has 0 radical (unpaired) electrons. The molecule has 0 aliphatic rings. The van der Waals surface area contributed by atoms with Gasteiger partial charge in [-0.2, -0.15) is 0 Å². The molecular weight excluding hydrogens is 268 g/mol. The summed E-state index contributed by atoms with van der Waals surface area (Å²) in [5.74, 6) is 0. The number of aromatic nitrogens is 1. The Morgan fingerprint density at radius 2 is 2.31 bits per heavy atom. The molecule has 0 unspecified atom stereocenters. The van der Waals surface area contributed by atoms with Crippen LogP contribution in [0.4, 0.5) is 0 Å². The quantitative estimate of drug-likeness (QED) is 0.453. The lowest BCUT2D eigenvalue weighted by Crippen LogP contribution is -2.20. The second-order valence-corrected chi connectivity index (χ2v) is 4.13. The van der Waals surface area contributed by atoms with Crippen molar-refractivity contribution in [2.45, 2.75) is 13.0 Å². The van der Waals surface area contributed by atoms with Gasteiger partial charge in [0.25, 0.3) is 0 Å². The molecule has 0 aliphatic carbocycles. The van der Waals surface area contributed by atoms with Crippen molar-refractivity contribution in [1.29, 1.82) is 0 Å². The maximum Gasteiger partial charge on any atom is 0.106 e. The van der Waals surface area contributed by atoms with E-state index < -0.39 is 0 Å². The summed E-state index contributed by atoms with van der Waals surface area (Å²) in [6, 6.07) is 5.90. The highest BCUT2D eigenvalue weighted by Gasteiger charge is 1.94. The highest BCUT2D eigenvalue weighted by molar-refractivity contribution is 9.10. The first-order valence-electron chi connectivity index (χ1n) is 5.33. The van der Waals surface area contributed by atoms with Crippen LogP contribution in [0.1, 0.15) is 12.1 Å². The van der Waals surface area contributed by atoms with E-state index in [-0.39, 0.29) is 0 Å². The van der Waals surface area contributed by atoms with E-state index in [2.05, 4.69) is 32.8 Å². The van der Waals surface area contributed by atoms with Crippen LogP contribution in [0.5, 0.6) is 0 Å². The van der Waals surface area contributed by atoms with Gasteiger partial charge in [0.1, 0.15) is 4.60 Å². The van der Waals surface area contributed by atoms with E-state index in [1.807, 2.05) is 24.3 Å².